The third-order valence-corrected chi connectivity index (χ3v) is 6.27. The lowest BCUT2D eigenvalue weighted by atomic mass is 10.1. The molecular formula is C27H22Cl2N2O5. The quantitative estimate of drug-likeness (QED) is 0.322. The number of amides is 4. The summed E-state index contributed by atoms with van der Waals surface area (Å²) in [4.78, 5) is 39.0. The first-order valence-electron chi connectivity index (χ1n) is 10.9. The van der Waals surface area contributed by atoms with Crippen LogP contribution >= 0.6 is 23.2 Å². The van der Waals surface area contributed by atoms with Crippen molar-refractivity contribution in [3.05, 3.63) is 92.5 Å². The molecule has 1 aliphatic heterocycles. The minimum Gasteiger partial charge on any atom is -0.493 e. The number of hydrogen-bond acceptors (Lipinski definition) is 5. The zero-order valence-corrected chi connectivity index (χ0v) is 21.2. The second-order valence-electron chi connectivity index (χ2n) is 8.20. The third kappa shape index (κ3) is 5.22. The van der Waals surface area contributed by atoms with Crippen LogP contribution in [-0.4, -0.2) is 25.0 Å². The lowest BCUT2D eigenvalue weighted by Crippen LogP contribution is -2.54. The van der Waals surface area contributed by atoms with Gasteiger partial charge in [0.25, 0.3) is 11.8 Å². The van der Waals surface area contributed by atoms with Crippen LogP contribution in [0.3, 0.4) is 0 Å². The van der Waals surface area contributed by atoms with E-state index in [0.29, 0.717) is 22.1 Å². The van der Waals surface area contributed by atoms with Crippen LogP contribution in [0.15, 0.2) is 60.2 Å². The van der Waals surface area contributed by atoms with Crippen molar-refractivity contribution in [2.24, 2.45) is 0 Å². The summed E-state index contributed by atoms with van der Waals surface area (Å²) in [6, 6.07) is 14.9. The summed E-state index contributed by atoms with van der Waals surface area (Å²) in [5.74, 6) is -0.969. The number of methoxy groups -OCH3 is 1. The van der Waals surface area contributed by atoms with E-state index in [1.165, 1.54) is 19.3 Å². The molecule has 1 heterocycles. The Balaban J connectivity index is 1.64. The summed E-state index contributed by atoms with van der Waals surface area (Å²) >= 11 is 12.6. The average molecular weight is 525 g/mol. The van der Waals surface area contributed by atoms with Crippen molar-refractivity contribution in [1.82, 2.24) is 5.32 Å². The van der Waals surface area contributed by atoms with Crippen molar-refractivity contribution < 1.29 is 23.9 Å². The predicted octanol–water partition coefficient (Wildman–Crippen LogP) is 5.86. The number of urea groups is 1. The summed E-state index contributed by atoms with van der Waals surface area (Å²) in [7, 11) is 1.46. The van der Waals surface area contributed by atoms with Crippen LogP contribution in [0.5, 0.6) is 11.5 Å². The summed E-state index contributed by atoms with van der Waals surface area (Å²) in [6.07, 6.45) is 1.34. The van der Waals surface area contributed by atoms with Gasteiger partial charge >= 0.3 is 6.03 Å². The number of halogens is 2. The van der Waals surface area contributed by atoms with E-state index in [0.717, 1.165) is 21.6 Å². The van der Waals surface area contributed by atoms with Gasteiger partial charge in [0.05, 0.1) is 17.8 Å². The number of carbonyl (C=O) groups excluding carboxylic acids is 3. The van der Waals surface area contributed by atoms with Gasteiger partial charge in [-0.25, -0.2) is 9.69 Å². The Morgan fingerprint density at radius 2 is 1.67 bits per heavy atom. The highest BCUT2D eigenvalue weighted by Crippen LogP contribution is 2.38. The Morgan fingerprint density at radius 1 is 0.944 bits per heavy atom. The van der Waals surface area contributed by atoms with Crippen LogP contribution in [0, 0.1) is 13.8 Å². The van der Waals surface area contributed by atoms with Crippen LogP contribution in [0.2, 0.25) is 10.0 Å². The first-order valence-corrected chi connectivity index (χ1v) is 11.7. The van der Waals surface area contributed by atoms with E-state index in [1.54, 1.807) is 31.2 Å². The molecule has 3 aromatic rings. The van der Waals surface area contributed by atoms with E-state index in [2.05, 4.69) is 5.32 Å². The molecule has 0 aliphatic carbocycles. The lowest BCUT2D eigenvalue weighted by Gasteiger charge is -2.26. The zero-order chi connectivity index (χ0) is 26.0. The van der Waals surface area contributed by atoms with E-state index in [-0.39, 0.29) is 22.9 Å². The molecule has 0 bridgehead atoms. The third-order valence-electron chi connectivity index (χ3n) is 5.58. The number of nitrogens with one attached hydrogen (secondary N) is 1. The Bertz CT molecular complexity index is 1400. The molecule has 1 aliphatic rings. The zero-order valence-electron chi connectivity index (χ0n) is 19.7. The van der Waals surface area contributed by atoms with Gasteiger partial charge in [-0.3, -0.25) is 14.9 Å². The molecule has 0 saturated carbocycles. The van der Waals surface area contributed by atoms with Crippen LogP contribution < -0.4 is 19.7 Å². The molecule has 9 heteroatoms. The predicted molar refractivity (Wildman–Crippen MR) is 139 cm³/mol. The average Bonchev–Trinajstić information content (AvgIpc) is 2.84. The van der Waals surface area contributed by atoms with Gasteiger partial charge in [0.2, 0.25) is 0 Å². The van der Waals surface area contributed by atoms with E-state index < -0.39 is 17.8 Å². The number of ether oxygens (including phenoxy) is 2. The van der Waals surface area contributed by atoms with Gasteiger partial charge in [-0.2, -0.15) is 0 Å². The first-order chi connectivity index (χ1) is 17.2. The maximum absolute atomic E-state index is 13.2. The minimum absolute atomic E-state index is 0.232. The fourth-order valence-electron chi connectivity index (χ4n) is 3.58. The molecule has 36 heavy (non-hydrogen) atoms. The van der Waals surface area contributed by atoms with Crippen molar-refractivity contribution in [2.75, 3.05) is 12.0 Å². The number of barbiturate groups is 1. The van der Waals surface area contributed by atoms with Gasteiger partial charge in [0.15, 0.2) is 11.5 Å². The van der Waals surface area contributed by atoms with Gasteiger partial charge in [-0.1, -0.05) is 59.1 Å². The molecule has 7 nitrogen and oxygen atoms in total. The first kappa shape index (κ1) is 25.3. The van der Waals surface area contributed by atoms with E-state index in [1.807, 2.05) is 31.2 Å². The number of anilines is 1. The van der Waals surface area contributed by atoms with Gasteiger partial charge in [0, 0.05) is 5.02 Å². The number of benzene rings is 3. The van der Waals surface area contributed by atoms with E-state index in [4.69, 9.17) is 32.7 Å². The SMILES string of the molecule is COc1cc(/C=C2/C(=O)NC(=O)N(c3ccc(C)c(Cl)c3)C2=O)cc(Cl)c1OCc1ccc(C)cc1. The monoisotopic (exact) mass is 524 g/mol. The van der Waals surface area contributed by atoms with Crippen molar-refractivity contribution in [1.29, 1.82) is 0 Å². The summed E-state index contributed by atoms with van der Waals surface area (Å²) < 4.78 is 11.3. The molecule has 0 atom stereocenters. The Kier molecular flexibility index (Phi) is 7.33. The minimum atomic E-state index is -0.863. The van der Waals surface area contributed by atoms with Crippen molar-refractivity contribution in [3.63, 3.8) is 0 Å². The van der Waals surface area contributed by atoms with Gasteiger partial charge < -0.3 is 9.47 Å². The normalized spacial score (nSPS) is 14.8. The number of nitrogens with zero attached hydrogens (tertiary/aromatic N) is 1. The summed E-state index contributed by atoms with van der Waals surface area (Å²) in [5, 5.41) is 2.80. The largest absolute Gasteiger partial charge is 0.493 e. The standard InChI is InChI=1S/C27H22Cl2N2O5/c1-15-4-7-17(8-5-15)14-36-24-22(29)11-18(12-23(24)35-3)10-20-25(32)30-27(34)31(26(20)33)19-9-6-16(2)21(28)13-19/h4-13H,14H2,1-3H3,(H,30,32,34)/b20-10-. The highest BCUT2D eigenvalue weighted by Gasteiger charge is 2.37. The second-order valence-corrected chi connectivity index (χ2v) is 9.01. The number of rotatable bonds is 6. The number of imide groups is 2. The van der Waals surface area contributed by atoms with Gasteiger partial charge in [-0.05, 0) is 60.9 Å². The molecule has 1 N–H and O–H groups in total. The Hall–Kier alpha value is -3.81. The Morgan fingerprint density at radius 3 is 2.33 bits per heavy atom. The maximum atomic E-state index is 13.2. The molecule has 4 rings (SSSR count). The molecule has 1 saturated heterocycles. The fraction of sp³-hybridized carbons (Fsp3) is 0.148. The highest BCUT2D eigenvalue weighted by molar-refractivity contribution is 6.39. The molecule has 0 aromatic heterocycles. The van der Waals surface area contributed by atoms with Crippen LogP contribution in [-0.2, 0) is 16.2 Å². The van der Waals surface area contributed by atoms with Crippen molar-refractivity contribution in [3.8, 4) is 11.5 Å². The van der Waals surface area contributed by atoms with Gasteiger partial charge in [-0.15, -0.1) is 0 Å². The van der Waals surface area contributed by atoms with Crippen molar-refractivity contribution in [2.45, 2.75) is 20.5 Å². The molecule has 184 valence electrons. The molecule has 0 spiro atoms. The number of carbonyl (C=O) groups is 3. The Labute approximate surface area is 218 Å². The van der Waals surface area contributed by atoms with E-state index >= 15 is 0 Å². The lowest BCUT2D eigenvalue weighted by molar-refractivity contribution is -0.122. The molecular weight excluding hydrogens is 503 g/mol. The smallest absolute Gasteiger partial charge is 0.335 e. The second kappa shape index (κ2) is 10.4. The topological polar surface area (TPSA) is 84.9 Å². The molecule has 1 fully saturated rings. The van der Waals surface area contributed by atoms with Crippen LogP contribution in [0.4, 0.5) is 10.5 Å². The number of hydrogen-bond donors (Lipinski definition) is 1. The molecule has 3 aromatic carbocycles. The van der Waals surface area contributed by atoms with Crippen molar-refractivity contribution >= 4 is 52.8 Å². The van der Waals surface area contributed by atoms with E-state index in [9.17, 15) is 14.4 Å². The van der Waals surface area contributed by atoms with Crippen LogP contribution in [0.25, 0.3) is 6.08 Å². The summed E-state index contributed by atoms with van der Waals surface area (Å²) in [5.41, 5.74) is 3.27. The molecule has 4 amide bonds. The summed E-state index contributed by atoms with van der Waals surface area (Å²) in [6.45, 7) is 4.07. The molecule has 0 radical (unpaired) electrons. The molecule has 0 unspecified atom stereocenters. The maximum Gasteiger partial charge on any atom is 0.335 e. The van der Waals surface area contributed by atoms with Gasteiger partial charge in [0.1, 0.15) is 12.2 Å². The van der Waals surface area contributed by atoms with Crippen LogP contribution in [0.1, 0.15) is 22.3 Å². The highest BCUT2D eigenvalue weighted by atomic mass is 35.5. The fourth-order valence-corrected chi connectivity index (χ4v) is 4.03. The number of aryl methyl sites for hydroxylation is 2.